The molecular weight excluding hydrogens is 924 g/mol. The van der Waals surface area contributed by atoms with Gasteiger partial charge in [-0.15, -0.1) is 0 Å². The fraction of sp³-hybridized carbons (Fsp3) is 0.922. The average Bonchev–Trinajstić information content (AvgIpc) is 3.35. The van der Waals surface area contributed by atoms with Crippen molar-refractivity contribution in [1.82, 2.24) is 5.32 Å². The summed E-state index contributed by atoms with van der Waals surface area (Å²) >= 11 is 0. The number of hydrogen-bond donors (Lipinski definition) is 2. The van der Waals surface area contributed by atoms with E-state index in [-0.39, 0.29) is 19.1 Å². The van der Waals surface area contributed by atoms with E-state index in [4.69, 9.17) is 9.05 Å². The smallest absolute Gasteiger partial charge is 0.268 e. The molecule has 3 atom stereocenters. The van der Waals surface area contributed by atoms with Crippen molar-refractivity contribution in [1.29, 1.82) is 0 Å². The van der Waals surface area contributed by atoms with Crippen molar-refractivity contribution < 1.29 is 32.9 Å². The largest absolute Gasteiger partial charge is 0.756 e. The molecule has 0 aliphatic carbocycles. The van der Waals surface area contributed by atoms with Gasteiger partial charge in [0.25, 0.3) is 7.82 Å². The van der Waals surface area contributed by atoms with Crippen LogP contribution in [0.1, 0.15) is 328 Å². The van der Waals surface area contributed by atoms with Crippen LogP contribution in [-0.2, 0) is 18.4 Å². The summed E-state index contributed by atoms with van der Waals surface area (Å²) in [6.07, 6.45) is 71.3. The van der Waals surface area contributed by atoms with E-state index in [0.717, 1.165) is 38.5 Å². The van der Waals surface area contributed by atoms with Gasteiger partial charge in [0.15, 0.2) is 0 Å². The summed E-state index contributed by atoms with van der Waals surface area (Å²) in [5, 5.41) is 13.9. The maximum Gasteiger partial charge on any atom is 0.268 e. The van der Waals surface area contributed by atoms with Crippen LogP contribution in [0.2, 0.25) is 0 Å². The quantitative estimate of drug-likeness (QED) is 0.0272. The summed E-state index contributed by atoms with van der Waals surface area (Å²) in [7, 11) is 1.28. The number of amides is 1. The zero-order valence-corrected chi connectivity index (χ0v) is 50.5. The van der Waals surface area contributed by atoms with Gasteiger partial charge in [-0.1, -0.05) is 301 Å². The first-order valence-electron chi connectivity index (χ1n) is 32.2. The fourth-order valence-corrected chi connectivity index (χ4v) is 10.6. The lowest BCUT2D eigenvalue weighted by atomic mass is 10.0. The normalized spacial score (nSPS) is 13.9. The van der Waals surface area contributed by atoms with Crippen molar-refractivity contribution in [2.24, 2.45) is 0 Å². The lowest BCUT2D eigenvalue weighted by molar-refractivity contribution is -0.870. The summed E-state index contributed by atoms with van der Waals surface area (Å²) in [4.78, 5) is 25.6. The first kappa shape index (κ1) is 72.0. The van der Waals surface area contributed by atoms with E-state index in [1.54, 1.807) is 6.08 Å². The molecule has 434 valence electrons. The third kappa shape index (κ3) is 58.5. The number of quaternary nitrogens is 1. The van der Waals surface area contributed by atoms with E-state index in [2.05, 4.69) is 31.3 Å². The van der Waals surface area contributed by atoms with E-state index >= 15 is 0 Å². The van der Waals surface area contributed by atoms with Gasteiger partial charge >= 0.3 is 0 Å². The molecule has 0 aliphatic rings. The molecule has 2 N–H and O–H groups in total. The molecule has 0 aromatic rings. The number of aliphatic hydroxyl groups excluding tert-OH is 1. The predicted molar refractivity (Wildman–Crippen MR) is 316 cm³/mol. The summed E-state index contributed by atoms with van der Waals surface area (Å²) in [6, 6.07) is -0.885. The summed E-state index contributed by atoms with van der Waals surface area (Å²) < 4.78 is 23.4. The summed E-state index contributed by atoms with van der Waals surface area (Å²) in [5.41, 5.74) is 0. The van der Waals surface area contributed by atoms with Crippen LogP contribution in [0.4, 0.5) is 0 Å². The van der Waals surface area contributed by atoms with Crippen molar-refractivity contribution in [3.63, 3.8) is 0 Å². The maximum atomic E-state index is 13.0. The highest BCUT2D eigenvalue weighted by Gasteiger charge is 2.23. The molecule has 0 saturated carbocycles. The van der Waals surface area contributed by atoms with Gasteiger partial charge in [0, 0.05) is 6.42 Å². The molecule has 3 unspecified atom stereocenters. The Bertz CT molecular complexity index is 1240. The average molecular weight is 1050 g/mol. The molecule has 73 heavy (non-hydrogen) atoms. The standard InChI is InChI=1S/C64H127N2O6P/c1-6-8-10-12-14-16-18-20-22-24-26-28-29-30-31-32-33-34-35-36-37-38-40-42-44-46-48-50-52-54-56-58-64(68)65-62(61-72-73(69,70)71-60-59-66(3,4)5)63(67)57-55-53-51-49-47-45-43-41-39-27-25-23-21-19-17-15-13-11-9-7-2/h30-31,55,57,62-63,67H,6-29,32-54,56,58-61H2,1-5H3,(H-,65,68,69,70)/b31-30-,57-55+. The minimum Gasteiger partial charge on any atom is -0.756 e. The molecule has 9 heteroatoms. The highest BCUT2D eigenvalue weighted by molar-refractivity contribution is 7.45. The number of rotatable bonds is 60. The molecule has 0 bridgehead atoms. The number of carbonyl (C=O) groups is 1. The molecule has 0 aliphatic heterocycles. The Kier molecular flexibility index (Phi) is 54.9. The second-order valence-corrected chi connectivity index (χ2v) is 24.9. The molecule has 0 aromatic heterocycles. The van der Waals surface area contributed by atoms with Crippen LogP contribution in [0.15, 0.2) is 24.3 Å². The molecule has 0 aromatic carbocycles. The SMILES string of the molecule is CCCCCCCCCCCCCC/C=C\CCCCCCCCCCCCCCCCCC(=O)NC(COP(=O)([O-])OCC[N+](C)(C)C)C(O)/C=C/CCCCCCCCCCCCCCCCCCCC. The number of nitrogens with one attached hydrogen (secondary N) is 1. The number of phosphoric ester groups is 1. The Hall–Kier alpha value is -1.02. The summed E-state index contributed by atoms with van der Waals surface area (Å²) in [5.74, 6) is -0.191. The van der Waals surface area contributed by atoms with Gasteiger partial charge in [0.1, 0.15) is 13.2 Å². The van der Waals surface area contributed by atoms with Gasteiger partial charge in [-0.05, 0) is 44.9 Å². The van der Waals surface area contributed by atoms with Crippen LogP contribution >= 0.6 is 7.82 Å². The lowest BCUT2D eigenvalue weighted by Gasteiger charge is -2.29. The minimum atomic E-state index is -4.60. The van der Waals surface area contributed by atoms with Gasteiger partial charge in [-0.3, -0.25) is 9.36 Å². The Morgan fingerprint density at radius 1 is 0.466 bits per heavy atom. The Labute approximate surface area is 455 Å². The van der Waals surface area contributed by atoms with Crippen molar-refractivity contribution in [2.75, 3.05) is 40.9 Å². The second kappa shape index (κ2) is 55.7. The third-order valence-electron chi connectivity index (χ3n) is 14.9. The number of phosphoric acid groups is 1. The third-order valence-corrected chi connectivity index (χ3v) is 15.9. The summed E-state index contributed by atoms with van der Waals surface area (Å²) in [6.45, 7) is 4.70. The Morgan fingerprint density at radius 3 is 1.07 bits per heavy atom. The highest BCUT2D eigenvalue weighted by Crippen LogP contribution is 2.38. The van der Waals surface area contributed by atoms with Gasteiger partial charge < -0.3 is 28.8 Å². The van der Waals surface area contributed by atoms with Crippen LogP contribution in [0.3, 0.4) is 0 Å². The van der Waals surface area contributed by atoms with E-state index in [1.165, 1.54) is 270 Å². The van der Waals surface area contributed by atoms with Crippen LogP contribution in [0.5, 0.6) is 0 Å². The number of allylic oxidation sites excluding steroid dienone is 3. The van der Waals surface area contributed by atoms with Crippen molar-refractivity contribution in [2.45, 2.75) is 341 Å². The first-order chi connectivity index (χ1) is 35.5. The molecule has 0 saturated heterocycles. The van der Waals surface area contributed by atoms with Crippen molar-refractivity contribution in [3.05, 3.63) is 24.3 Å². The molecule has 0 rings (SSSR count). The Morgan fingerprint density at radius 2 is 0.753 bits per heavy atom. The number of aliphatic hydroxyl groups is 1. The van der Waals surface area contributed by atoms with Crippen LogP contribution in [-0.4, -0.2) is 68.5 Å². The zero-order chi connectivity index (χ0) is 53.5. The minimum absolute atomic E-state index is 0.00141. The molecule has 0 spiro atoms. The highest BCUT2D eigenvalue weighted by atomic mass is 31.2. The van der Waals surface area contributed by atoms with Gasteiger partial charge in [-0.25, -0.2) is 0 Å². The molecular formula is C64H127N2O6P. The number of carbonyl (C=O) groups excluding carboxylic acids is 1. The van der Waals surface area contributed by atoms with Crippen LogP contribution < -0.4 is 10.2 Å². The van der Waals surface area contributed by atoms with Gasteiger partial charge in [-0.2, -0.15) is 0 Å². The van der Waals surface area contributed by atoms with Crippen molar-refractivity contribution >= 4 is 13.7 Å². The predicted octanol–water partition coefficient (Wildman–Crippen LogP) is 19.3. The van der Waals surface area contributed by atoms with Crippen molar-refractivity contribution in [3.8, 4) is 0 Å². The molecule has 0 heterocycles. The molecule has 0 radical (unpaired) electrons. The van der Waals surface area contributed by atoms with Gasteiger partial charge in [0.05, 0.1) is 39.9 Å². The topological polar surface area (TPSA) is 108 Å². The van der Waals surface area contributed by atoms with E-state index in [0.29, 0.717) is 17.4 Å². The van der Waals surface area contributed by atoms with Crippen LogP contribution in [0, 0.1) is 0 Å². The lowest BCUT2D eigenvalue weighted by Crippen LogP contribution is -2.45. The number of likely N-dealkylation sites (N-methyl/N-ethyl adjacent to an activating group) is 1. The molecule has 8 nitrogen and oxygen atoms in total. The van der Waals surface area contributed by atoms with Gasteiger partial charge in [0.2, 0.25) is 5.91 Å². The second-order valence-electron chi connectivity index (χ2n) is 23.5. The maximum absolute atomic E-state index is 13.0. The number of nitrogens with zero attached hydrogens (tertiary/aromatic N) is 1. The Balaban J connectivity index is 4.06. The monoisotopic (exact) mass is 1050 g/mol. The van der Waals surface area contributed by atoms with Crippen LogP contribution in [0.25, 0.3) is 0 Å². The van der Waals surface area contributed by atoms with E-state index in [9.17, 15) is 19.4 Å². The number of unbranched alkanes of at least 4 members (excludes halogenated alkanes) is 45. The van der Waals surface area contributed by atoms with E-state index < -0.39 is 20.0 Å². The number of hydrogen-bond acceptors (Lipinski definition) is 6. The van der Waals surface area contributed by atoms with E-state index in [1.807, 2.05) is 27.2 Å². The first-order valence-corrected chi connectivity index (χ1v) is 33.7. The molecule has 1 amide bonds. The zero-order valence-electron chi connectivity index (χ0n) is 49.6. The fourth-order valence-electron chi connectivity index (χ4n) is 9.86. The molecule has 0 fully saturated rings.